The van der Waals surface area contributed by atoms with Crippen molar-refractivity contribution in [2.45, 2.75) is 44.9 Å². The molecular formula is C17H25ClN2O. The van der Waals surface area contributed by atoms with Crippen molar-refractivity contribution in [3.05, 3.63) is 29.3 Å². The predicted octanol–water partition coefficient (Wildman–Crippen LogP) is 3.32. The summed E-state index contributed by atoms with van der Waals surface area (Å²) in [5.41, 5.74) is 3.85. The lowest BCUT2D eigenvalue weighted by atomic mass is 9.90. The summed E-state index contributed by atoms with van der Waals surface area (Å²) < 4.78 is 0. The lowest BCUT2D eigenvalue weighted by Gasteiger charge is -2.19. The number of benzene rings is 1. The summed E-state index contributed by atoms with van der Waals surface area (Å²) in [5.74, 6) is 0.862. The third-order valence-corrected chi connectivity index (χ3v) is 4.61. The molecule has 0 radical (unpaired) electrons. The van der Waals surface area contributed by atoms with Gasteiger partial charge >= 0.3 is 0 Å². The summed E-state index contributed by atoms with van der Waals surface area (Å²) in [6.45, 7) is 2.19. The molecule has 1 heterocycles. The van der Waals surface area contributed by atoms with E-state index in [-0.39, 0.29) is 18.3 Å². The minimum Gasteiger partial charge on any atom is -0.326 e. The van der Waals surface area contributed by atoms with Crippen LogP contribution in [0, 0.1) is 5.92 Å². The van der Waals surface area contributed by atoms with Crippen molar-refractivity contribution in [1.29, 1.82) is 0 Å². The largest absolute Gasteiger partial charge is 0.326 e. The third kappa shape index (κ3) is 4.21. The van der Waals surface area contributed by atoms with E-state index in [1.54, 1.807) is 0 Å². The van der Waals surface area contributed by atoms with Crippen molar-refractivity contribution in [3.63, 3.8) is 0 Å². The number of carbonyl (C=O) groups excluding carboxylic acids is 1. The number of halogens is 1. The first kappa shape index (κ1) is 16.3. The molecule has 1 aliphatic carbocycles. The Morgan fingerprint density at radius 2 is 2.14 bits per heavy atom. The van der Waals surface area contributed by atoms with Gasteiger partial charge < -0.3 is 10.6 Å². The van der Waals surface area contributed by atoms with Gasteiger partial charge in [-0.05, 0) is 74.7 Å². The van der Waals surface area contributed by atoms with Crippen LogP contribution >= 0.6 is 12.4 Å². The van der Waals surface area contributed by atoms with Crippen LogP contribution < -0.4 is 10.6 Å². The normalized spacial score (nSPS) is 20.5. The van der Waals surface area contributed by atoms with Crippen LogP contribution in [0.25, 0.3) is 0 Å². The molecule has 3 rings (SSSR count). The van der Waals surface area contributed by atoms with E-state index in [0.717, 1.165) is 38.0 Å². The number of fused-ring (bicyclic) bond motifs is 1. The van der Waals surface area contributed by atoms with Crippen LogP contribution in [0.5, 0.6) is 0 Å². The van der Waals surface area contributed by atoms with E-state index in [1.807, 2.05) is 0 Å². The fraction of sp³-hybridized carbons (Fsp3) is 0.588. The highest BCUT2D eigenvalue weighted by Crippen LogP contribution is 2.28. The third-order valence-electron chi connectivity index (χ3n) is 4.61. The number of rotatable bonds is 4. The molecule has 1 atom stereocenters. The lowest BCUT2D eigenvalue weighted by Crippen LogP contribution is -2.17. The summed E-state index contributed by atoms with van der Waals surface area (Å²) in [7, 11) is 0. The van der Waals surface area contributed by atoms with Crippen molar-refractivity contribution in [1.82, 2.24) is 5.32 Å². The average molecular weight is 309 g/mol. The van der Waals surface area contributed by atoms with Gasteiger partial charge in [-0.25, -0.2) is 0 Å². The molecule has 3 nitrogen and oxygen atoms in total. The second-order valence-electron chi connectivity index (χ2n) is 6.10. The number of nitrogens with one attached hydrogen (secondary N) is 2. The van der Waals surface area contributed by atoms with Gasteiger partial charge in [-0.2, -0.15) is 0 Å². The van der Waals surface area contributed by atoms with Crippen molar-refractivity contribution < 1.29 is 4.79 Å². The Morgan fingerprint density at radius 1 is 1.29 bits per heavy atom. The molecule has 4 heteroatoms. The smallest absolute Gasteiger partial charge is 0.224 e. The maximum absolute atomic E-state index is 12.1. The van der Waals surface area contributed by atoms with E-state index in [1.165, 1.54) is 30.4 Å². The summed E-state index contributed by atoms with van der Waals surface area (Å²) in [6.07, 6.45) is 7.66. The lowest BCUT2D eigenvalue weighted by molar-refractivity contribution is -0.116. The molecular weight excluding hydrogens is 284 g/mol. The van der Waals surface area contributed by atoms with E-state index < -0.39 is 0 Å². The number of carbonyl (C=O) groups is 1. The zero-order valence-corrected chi connectivity index (χ0v) is 13.3. The van der Waals surface area contributed by atoms with Crippen LogP contribution in [0.1, 0.15) is 43.2 Å². The van der Waals surface area contributed by atoms with Gasteiger partial charge in [0.25, 0.3) is 0 Å². The van der Waals surface area contributed by atoms with Crippen LogP contribution in [0.4, 0.5) is 5.69 Å². The number of aryl methyl sites for hydroxylation is 1. The molecule has 1 amide bonds. The summed E-state index contributed by atoms with van der Waals surface area (Å²) in [5, 5.41) is 6.49. The van der Waals surface area contributed by atoms with Gasteiger partial charge in [0.2, 0.25) is 5.91 Å². The van der Waals surface area contributed by atoms with Gasteiger partial charge in [0, 0.05) is 12.1 Å². The first-order valence-electron chi connectivity index (χ1n) is 7.94. The van der Waals surface area contributed by atoms with Crippen molar-refractivity contribution in [3.8, 4) is 0 Å². The average Bonchev–Trinajstić information content (AvgIpc) is 2.99. The summed E-state index contributed by atoms with van der Waals surface area (Å²) >= 11 is 0. The van der Waals surface area contributed by atoms with Crippen LogP contribution in [-0.2, 0) is 17.6 Å². The molecule has 2 N–H and O–H groups in total. The molecule has 1 aliphatic heterocycles. The van der Waals surface area contributed by atoms with Crippen molar-refractivity contribution in [2.75, 3.05) is 18.4 Å². The Bertz CT molecular complexity index is 484. The Hall–Kier alpha value is -1.06. The van der Waals surface area contributed by atoms with Gasteiger partial charge in [-0.3, -0.25) is 4.79 Å². The van der Waals surface area contributed by atoms with Gasteiger partial charge in [0.15, 0.2) is 0 Å². The first-order chi connectivity index (χ1) is 9.83. The first-order valence-corrected chi connectivity index (χ1v) is 7.94. The topological polar surface area (TPSA) is 41.1 Å². The quantitative estimate of drug-likeness (QED) is 0.896. The molecule has 1 aromatic carbocycles. The second-order valence-corrected chi connectivity index (χ2v) is 6.10. The maximum atomic E-state index is 12.1. The van der Waals surface area contributed by atoms with Crippen LogP contribution in [0.2, 0.25) is 0 Å². The molecule has 1 saturated heterocycles. The number of hydrogen-bond donors (Lipinski definition) is 2. The molecule has 21 heavy (non-hydrogen) atoms. The molecule has 0 spiro atoms. The highest BCUT2D eigenvalue weighted by Gasteiger charge is 2.17. The minimum absolute atomic E-state index is 0. The summed E-state index contributed by atoms with van der Waals surface area (Å²) in [4.78, 5) is 12.1. The Kier molecular flexibility index (Phi) is 6.07. The molecule has 116 valence electrons. The number of anilines is 1. The molecule has 0 bridgehead atoms. The Labute approximate surface area is 133 Å². The highest BCUT2D eigenvalue weighted by molar-refractivity contribution is 5.91. The van der Waals surface area contributed by atoms with Gasteiger partial charge in [0.05, 0.1) is 0 Å². The highest BCUT2D eigenvalue weighted by atomic mass is 35.5. The second kappa shape index (κ2) is 7.81. The fourth-order valence-corrected chi connectivity index (χ4v) is 3.41. The molecule has 1 aromatic rings. The van der Waals surface area contributed by atoms with Crippen LogP contribution in [0.3, 0.4) is 0 Å². The zero-order chi connectivity index (χ0) is 13.8. The summed E-state index contributed by atoms with van der Waals surface area (Å²) in [6, 6.07) is 6.33. The van der Waals surface area contributed by atoms with Gasteiger partial charge in [0.1, 0.15) is 0 Å². The molecule has 1 unspecified atom stereocenters. The molecule has 1 fully saturated rings. The zero-order valence-electron chi connectivity index (χ0n) is 12.5. The van der Waals surface area contributed by atoms with Crippen molar-refractivity contribution in [2.24, 2.45) is 5.92 Å². The molecule has 0 aromatic heterocycles. The fourth-order valence-electron chi connectivity index (χ4n) is 3.41. The van der Waals surface area contributed by atoms with E-state index in [0.29, 0.717) is 12.3 Å². The van der Waals surface area contributed by atoms with Crippen molar-refractivity contribution >= 4 is 24.0 Å². The Morgan fingerprint density at radius 3 is 2.95 bits per heavy atom. The van der Waals surface area contributed by atoms with Crippen LogP contribution in [-0.4, -0.2) is 19.0 Å². The van der Waals surface area contributed by atoms with E-state index in [9.17, 15) is 4.79 Å². The molecule has 0 saturated carbocycles. The monoisotopic (exact) mass is 308 g/mol. The standard InChI is InChI=1S/C17H24N2O.ClH/c20-17(9-8-13-10-11-18-12-13)19-16-7-3-5-14-4-1-2-6-15(14)16;/h3,5,7,13,18H,1-2,4,6,8-12H2,(H,19,20);1H. The van der Waals surface area contributed by atoms with E-state index >= 15 is 0 Å². The van der Waals surface area contributed by atoms with Gasteiger partial charge in [-0.15, -0.1) is 12.4 Å². The van der Waals surface area contributed by atoms with E-state index in [2.05, 4.69) is 28.8 Å². The van der Waals surface area contributed by atoms with Crippen LogP contribution in [0.15, 0.2) is 18.2 Å². The number of amides is 1. The molecule has 2 aliphatic rings. The minimum atomic E-state index is 0. The Balaban J connectivity index is 0.00000161. The number of hydrogen-bond acceptors (Lipinski definition) is 2. The SMILES string of the molecule is Cl.O=C(CCC1CCNC1)Nc1cccc2c1CCCC2. The predicted molar refractivity (Wildman–Crippen MR) is 89.2 cm³/mol. The van der Waals surface area contributed by atoms with E-state index in [4.69, 9.17) is 0 Å². The maximum Gasteiger partial charge on any atom is 0.224 e. The van der Waals surface area contributed by atoms with Gasteiger partial charge in [-0.1, -0.05) is 12.1 Å².